The molecule has 0 aliphatic rings. The average molecular weight is 370 g/mol. The van der Waals surface area contributed by atoms with Crippen molar-refractivity contribution in [2.24, 2.45) is 0 Å². The van der Waals surface area contributed by atoms with Gasteiger partial charge in [0.25, 0.3) is 0 Å². The zero-order valence-corrected chi connectivity index (χ0v) is 14.4. The molecule has 112 valence electrons. The Bertz CT molecular complexity index is 605. The Morgan fingerprint density at radius 1 is 1.29 bits per heavy atom. The molecule has 0 saturated heterocycles. The first kappa shape index (κ1) is 15.9. The van der Waals surface area contributed by atoms with Crippen LogP contribution in [0.15, 0.2) is 34.8 Å². The largest absolute Gasteiger partial charge is 0.497 e. The Morgan fingerprint density at radius 2 is 1.95 bits per heavy atom. The normalized spacial score (nSPS) is 11.8. The van der Waals surface area contributed by atoms with E-state index >= 15 is 0 Å². The molecule has 1 N–H and O–H groups in total. The van der Waals surface area contributed by atoms with Gasteiger partial charge >= 0.3 is 5.97 Å². The van der Waals surface area contributed by atoms with Gasteiger partial charge in [0.05, 0.1) is 14.2 Å². The summed E-state index contributed by atoms with van der Waals surface area (Å²) in [6, 6.07) is 8.82. The molecule has 0 radical (unpaired) electrons. The first-order chi connectivity index (χ1) is 10.0. The number of esters is 1. The Morgan fingerprint density at radius 3 is 2.43 bits per heavy atom. The van der Waals surface area contributed by atoms with Crippen LogP contribution in [-0.4, -0.2) is 20.2 Å². The molecular formula is C15H16BrNO3S. The highest BCUT2D eigenvalue weighted by Gasteiger charge is 2.24. The summed E-state index contributed by atoms with van der Waals surface area (Å²) in [5.41, 5.74) is 0.827. The molecule has 1 heterocycles. The summed E-state index contributed by atoms with van der Waals surface area (Å²) in [7, 11) is 3.01. The van der Waals surface area contributed by atoms with Gasteiger partial charge in [0.1, 0.15) is 5.75 Å². The molecule has 0 fully saturated rings. The summed E-state index contributed by atoms with van der Waals surface area (Å²) >= 11 is 5.03. The minimum Gasteiger partial charge on any atom is -0.497 e. The molecule has 1 unspecified atom stereocenters. The van der Waals surface area contributed by atoms with Crippen molar-refractivity contribution in [3.8, 4) is 5.75 Å². The van der Waals surface area contributed by atoms with Gasteiger partial charge < -0.3 is 14.8 Å². The van der Waals surface area contributed by atoms with E-state index in [-0.39, 0.29) is 5.97 Å². The van der Waals surface area contributed by atoms with Crippen LogP contribution in [0.3, 0.4) is 0 Å². The number of thiophene rings is 1. The highest BCUT2D eigenvalue weighted by atomic mass is 79.9. The van der Waals surface area contributed by atoms with Crippen molar-refractivity contribution in [3.05, 3.63) is 44.6 Å². The van der Waals surface area contributed by atoms with Crippen molar-refractivity contribution in [1.82, 2.24) is 0 Å². The van der Waals surface area contributed by atoms with E-state index in [1.165, 1.54) is 7.11 Å². The summed E-state index contributed by atoms with van der Waals surface area (Å²) in [6.45, 7) is 2.00. The number of ether oxygens (including phenoxy) is 2. The quantitative estimate of drug-likeness (QED) is 0.804. The van der Waals surface area contributed by atoms with Gasteiger partial charge in [-0.05, 0) is 53.2 Å². The molecule has 1 aromatic heterocycles. The summed E-state index contributed by atoms with van der Waals surface area (Å²) in [5, 5.41) is 3.20. The summed E-state index contributed by atoms with van der Waals surface area (Å²) in [4.78, 5) is 14.1. The van der Waals surface area contributed by atoms with Crippen molar-refractivity contribution < 1.29 is 14.3 Å². The number of nitrogens with one attached hydrogen (secondary N) is 1. The molecule has 4 nitrogen and oxygen atoms in total. The van der Waals surface area contributed by atoms with Crippen molar-refractivity contribution >= 4 is 38.9 Å². The smallest absolute Gasteiger partial charge is 0.333 e. The Balaban J connectivity index is 2.25. The second-order valence-electron chi connectivity index (χ2n) is 4.38. The Hall–Kier alpha value is -1.53. The fourth-order valence-corrected chi connectivity index (χ4v) is 3.44. The molecule has 2 rings (SSSR count). The maximum absolute atomic E-state index is 12.0. The lowest BCUT2D eigenvalue weighted by Gasteiger charge is -2.16. The maximum Gasteiger partial charge on any atom is 0.333 e. The van der Waals surface area contributed by atoms with Crippen LogP contribution in [0.5, 0.6) is 5.75 Å². The van der Waals surface area contributed by atoms with Crippen LogP contribution in [0, 0.1) is 6.92 Å². The second-order valence-corrected chi connectivity index (χ2v) is 6.52. The van der Waals surface area contributed by atoms with E-state index in [1.807, 2.05) is 37.3 Å². The van der Waals surface area contributed by atoms with E-state index in [1.54, 1.807) is 18.4 Å². The lowest BCUT2D eigenvalue weighted by molar-refractivity contribution is -0.141. The first-order valence-corrected chi connectivity index (χ1v) is 7.90. The monoisotopic (exact) mass is 369 g/mol. The van der Waals surface area contributed by atoms with Crippen LogP contribution < -0.4 is 10.1 Å². The van der Waals surface area contributed by atoms with Crippen LogP contribution in [0.2, 0.25) is 0 Å². The van der Waals surface area contributed by atoms with Crippen LogP contribution in [0.4, 0.5) is 5.69 Å². The number of hydrogen-bond acceptors (Lipinski definition) is 5. The van der Waals surface area contributed by atoms with Gasteiger partial charge in [0, 0.05) is 19.9 Å². The molecule has 2 aromatic rings. The van der Waals surface area contributed by atoms with Crippen molar-refractivity contribution in [2.75, 3.05) is 19.5 Å². The third-order valence-electron chi connectivity index (χ3n) is 3.00. The topological polar surface area (TPSA) is 47.6 Å². The summed E-state index contributed by atoms with van der Waals surface area (Å²) < 4.78 is 11.0. The van der Waals surface area contributed by atoms with Gasteiger partial charge in [-0.1, -0.05) is 0 Å². The molecule has 6 heteroatoms. The zero-order valence-electron chi connectivity index (χ0n) is 12.0. The van der Waals surface area contributed by atoms with Gasteiger partial charge in [-0.15, -0.1) is 11.3 Å². The molecule has 0 bridgehead atoms. The molecule has 0 aliphatic heterocycles. The SMILES string of the molecule is COC(=O)C(Nc1ccc(OC)cc1)c1cc(Br)c(C)s1. The molecular weight excluding hydrogens is 354 g/mol. The maximum atomic E-state index is 12.0. The number of carbonyl (C=O) groups excluding carboxylic acids is 1. The van der Waals surface area contributed by atoms with E-state index < -0.39 is 6.04 Å². The van der Waals surface area contributed by atoms with E-state index in [4.69, 9.17) is 9.47 Å². The number of aryl methyl sites for hydroxylation is 1. The highest BCUT2D eigenvalue weighted by molar-refractivity contribution is 9.10. The molecule has 0 amide bonds. The lowest BCUT2D eigenvalue weighted by atomic mass is 10.2. The molecule has 21 heavy (non-hydrogen) atoms. The van der Waals surface area contributed by atoms with Crippen LogP contribution in [0.25, 0.3) is 0 Å². The predicted molar refractivity (Wildman–Crippen MR) is 88.1 cm³/mol. The number of methoxy groups -OCH3 is 2. The van der Waals surface area contributed by atoms with Crippen LogP contribution >= 0.6 is 27.3 Å². The summed E-state index contributed by atoms with van der Waals surface area (Å²) in [5.74, 6) is 0.449. The minimum atomic E-state index is -0.529. The van der Waals surface area contributed by atoms with Crippen LogP contribution in [-0.2, 0) is 9.53 Å². The van der Waals surface area contributed by atoms with Gasteiger partial charge in [-0.25, -0.2) is 4.79 Å². The number of carbonyl (C=O) groups is 1. The minimum absolute atomic E-state index is 0.320. The number of halogens is 1. The van der Waals surface area contributed by atoms with Gasteiger partial charge in [0.15, 0.2) is 6.04 Å². The number of anilines is 1. The van der Waals surface area contributed by atoms with E-state index in [0.717, 1.165) is 25.7 Å². The molecule has 1 atom stereocenters. The van der Waals surface area contributed by atoms with Crippen molar-refractivity contribution in [2.45, 2.75) is 13.0 Å². The average Bonchev–Trinajstić information content (AvgIpc) is 2.84. The molecule has 0 spiro atoms. The second kappa shape index (κ2) is 6.95. The Kier molecular flexibility index (Phi) is 5.25. The number of hydrogen-bond donors (Lipinski definition) is 1. The lowest BCUT2D eigenvalue weighted by Crippen LogP contribution is -2.21. The molecule has 0 aliphatic carbocycles. The highest BCUT2D eigenvalue weighted by Crippen LogP contribution is 2.33. The van der Waals surface area contributed by atoms with E-state index in [9.17, 15) is 4.79 Å². The first-order valence-electron chi connectivity index (χ1n) is 6.29. The predicted octanol–water partition coefficient (Wildman–Crippen LogP) is 4.15. The fraction of sp³-hybridized carbons (Fsp3) is 0.267. The molecule has 0 saturated carbocycles. The standard InChI is InChI=1S/C15H16BrNO3S/c1-9-12(16)8-13(21-9)14(15(18)20-3)17-10-4-6-11(19-2)7-5-10/h4-8,14,17H,1-3H3. The third kappa shape index (κ3) is 3.77. The zero-order chi connectivity index (χ0) is 15.4. The Labute approximate surface area is 136 Å². The number of benzene rings is 1. The van der Waals surface area contributed by atoms with E-state index in [0.29, 0.717) is 0 Å². The van der Waals surface area contributed by atoms with Gasteiger partial charge in [-0.3, -0.25) is 0 Å². The van der Waals surface area contributed by atoms with E-state index in [2.05, 4.69) is 21.2 Å². The van der Waals surface area contributed by atoms with Gasteiger partial charge in [-0.2, -0.15) is 0 Å². The number of rotatable bonds is 5. The van der Waals surface area contributed by atoms with Crippen LogP contribution in [0.1, 0.15) is 15.8 Å². The van der Waals surface area contributed by atoms with Gasteiger partial charge in [0.2, 0.25) is 0 Å². The van der Waals surface area contributed by atoms with Crippen molar-refractivity contribution in [3.63, 3.8) is 0 Å². The van der Waals surface area contributed by atoms with Crippen molar-refractivity contribution in [1.29, 1.82) is 0 Å². The third-order valence-corrected chi connectivity index (χ3v) is 5.20. The summed E-state index contributed by atoms with van der Waals surface area (Å²) in [6.07, 6.45) is 0. The molecule has 1 aromatic carbocycles. The fourth-order valence-electron chi connectivity index (χ4n) is 1.84.